The molecule has 1 unspecified atom stereocenters. The summed E-state index contributed by atoms with van der Waals surface area (Å²) >= 11 is 5.60. The summed E-state index contributed by atoms with van der Waals surface area (Å²) in [5.74, 6) is -0.478. The molecule has 0 aliphatic rings. The monoisotopic (exact) mass is 265 g/mol. The zero-order chi connectivity index (χ0) is 13.1. The minimum absolute atomic E-state index is 0.0807. The molecule has 0 heterocycles. The standard InChI is InChI=1S/C14H13ClFNO/c15-12-5-4-9(6-13(12)16)7-14(18)10-2-1-3-11(17)8-10/h1-6,8,14,18H,7,17H2. The molecular formula is C14H13ClFNO. The first-order valence-corrected chi connectivity index (χ1v) is 5.91. The second-order valence-corrected chi connectivity index (χ2v) is 4.55. The largest absolute Gasteiger partial charge is 0.399 e. The van der Waals surface area contributed by atoms with Gasteiger partial charge in [0.25, 0.3) is 0 Å². The average Bonchev–Trinajstić information content (AvgIpc) is 2.34. The highest BCUT2D eigenvalue weighted by Gasteiger charge is 2.10. The Labute approximate surface area is 110 Å². The molecule has 0 saturated heterocycles. The smallest absolute Gasteiger partial charge is 0.142 e. The zero-order valence-electron chi connectivity index (χ0n) is 9.61. The Balaban J connectivity index is 2.16. The molecule has 3 N–H and O–H groups in total. The van der Waals surface area contributed by atoms with Crippen molar-refractivity contribution in [2.75, 3.05) is 5.73 Å². The SMILES string of the molecule is Nc1cccc(C(O)Cc2ccc(Cl)c(F)c2)c1. The number of hydrogen-bond acceptors (Lipinski definition) is 2. The Bertz CT molecular complexity index is 559. The maximum absolute atomic E-state index is 13.3. The van der Waals surface area contributed by atoms with E-state index >= 15 is 0 Å². The molecule has 4 heteroatoms. The van der Waals surface area contributed by atoms with E-state index in [1.807, 2.05) is 0 Å². The van der Waals surface area contributed by atoms with Gasteiger partial charge in [-0.25, -0.2) is 4.39 Å². The number of anilines is 1. The zero-order valence-corrected chi connectivity index (χ0v) is 10.4. The number of aliphatic hydroxyl groups is 1. The Morgan fingerprint density at radius 1 is 1.22 bits per heavy atom. The summed E-state index contributed by atoms with van der Waals surface area (Å²) in [7, 11) is 0. The van der Waals surface area contributed by atoms with E-state index in [4.69, 9.17) is 17.3 Å². The summed E-state index contributed by atoms with van der Waals surface area (Å²) < 4.78 is 13.3. The van der Waals surface area contributed by atoms with Gasteiger partial charge in [0.2, 0.25) is 0 Å². The molecule has 2 nitrogen and oxygen atoms in total. The Kier molecular flexibility index (Phi) is 3.84. The topological polar surface area (TPSA) is 46.2 Å². The number of benzene rings is 2. The van der Waals surface area contributed by atoms with Gasteiger partial charge in [-0.15, -0.1) is 0 Å². The Hall–Kier alpha value is -1.58. The first-order chi connectivity index (χ1) is 8.56. The molecule has 2 rings (SSSR count). The first kappa shape index (κ1) is 12.9. The molecule has 2 aromatic carbocycles. The van der Waals surface area contributed by atoms with Crippen molar-refractivity contribution in [1.82, 2.24) is 0 Å². The third kappa shape index (κ3) is 3.00. The summed E-state index contributed by atoms with van der Waals surface area (Å²) in [6, 6.07) is 11.5. The molecule has 0 saturated carbocycles. The van der Waals surface area contributed by atoms with Crippen LogP contribution in [0.2, 0.25) is 5.02 Å². The van der Waals surface area contributed by atoms with E-state index in [0.717, 1.165) is 0 Å². The van der Waals surface area contributed by atoms with Crippen LogP contribution < -0.4 is 5.73 Å². The van der Waals surface area contributed by atoms with Gasteiger partial charge in [0, 0.05) is 12.1 Å². The average molecular weight is 266 g/mol. The van der Waals surface area contributed by atoms with Crippen molar-refractivity contribution in [3.8, 4) is 0 Å². The molecule has 0 aliphatic heterocycles. The van der Waals surface area contributed by atoms with Gasteiger partial charge in [-0.2, -0.15) is 0 Å². The Morgan fingerprint density at radius 3 is 2.67 bits per heavy atom. The molecule has 18 heavy (non-hydrogen) atoms. The van der Waals surface area contributed by atoms with Gasteiger partial charge in [0.1, 0.15) is 5.82 Å². The predicted octanol–water partition coefficient (Wildman–Crippen LogP) is 3.34. The van der Waals surface area contributed by atoms with E-state index in [1.165, 1.54) is 12.1 Å². The molecule has 94 valence electrons. The van der Waals surface area contributed by atoms with Gasteiger partial charge in [-0.05, 0) is 35.4 Å². The van der Waals surface area contributed by atoms with Crippen LogP contribution >= 0.6 is 11.6 Å². The van der Waals surface area contributed by atoms with Crippen LogP contribution in [0.15, 0.2) is 42.5 Å². The summed E-state index contributed by atoms with van der Waals surface area (Å²) in [5.41, 5.74) is 7.64. The van der Waals surface area contributed by atoms with E-state index in [-0.39, 0.29) is 5.02 Å². The van der Waals surface area contributed by atoms with Gasteiger partial charge in [0.05, 0.1) is 11.1 Å². The molecule has 1 atom stereocenters. The van der Waals surface area contributed by atoms with Gasteiger partial charge >= 0.3 is 0 Å². The number of hydrogen-bond donors (Lipinski definition) is 2. The highest BCUT2D eigenvalue weighted by molar-refractivity contribution is 6.30. The lowest BCUT2D eigenvalue weighted by Gasteiger charge is -2.12. The quantitative estimate of drug-likeness (QED) is 0.836. The summed E-state index contributed by atoms with van der Waals surface area (Å²) in [4.78, 5) is 0. The molecule has 0 spiro atoms. The summed E-state index contributed by atoms with van der Waals surface area (Å²) in [6.45, 7) is 0. The van der Waals surface area contributed by atoms with Gasteiger partial charge < -0.3 is 10.8 Å². The fourth-order valence-electron chi connectivity index (χ4n) is 1.77. The van der Waals surface area contributed by atoms with E-state index in [1.54, 1.807) is 30.3 Å². The van der Waals surface area contributed by atoms with Crippen LogP contribution in [0.1, 0.15) is 17.2 Å². The normalized spacial score (nSPS) is 12.4. The molecule has 0 fully saturated rings. The lowest BCUT2D eigenvalue weighted by Crippen LogP contribution is -2.02. The molecule has 2 aromatic rings. The number of nitrogen functional groups attached to an aromatic ring is 1. The molecule has 0 aliphatic carbocycles. The molecular weight excluding hydrogens is 253 g/mol. The van der Waals surface area contributed by atoms with Crippen LogP contribution in [0.5, 0.6) is 0 Å². The van der Waals surface area contributed by atoms with E-state index in [0.29, 0.717) is 23.2 Å². The second-order valence-electron chi connectivity index (χ2n) is 4.14. The molecule has 0 radical (unpaired) electrons. The summed E-state index contributed by atoms with van der Waals surface area (Å²) in [6.07, 6.45) is -0.397. The highest BCUT2D eigenvalue weighted by Crippen LogP contribution is 2.22. The van der Waals surface area contributed by atoms with Gasteiger partial charge in [-0.3, -0.25) is 0 Å². The number of halogens is 2. The fourth-order valence-corrected chi connectivity index (χ4v) is 1.89. The second kappa shape index (κ2) is 5.38. The van der Waals surface area contributed by atoms with E-state index in [9.17, 15) is 9.50 Å². The maximum atomic E-state index is 13.3. The van der Waals surface area contributed by atoms with Gasteiger partial charge in [0.15, 0.2) is 0 Å². The summed E-state index contributed by atoms with van der Waals surface area (Å²) in [5, 5.41) is 10.1. The van der Waals surface area contributed by atoms with Crippen molar-refractivity contribution < 1.29 is 9.50 Å². The highest BCUT2D eigenvalue weighted by atomic mass is 35.5. The van der Waals surface area contributed by atoms with Crippen molar-refractivity contribution in [1.29, 1.82) is 0 Å². The van der Waals surface area contributed by atoms with Crippen LogP contribution in [-0.2, 0) is 6.42 Å². The van der Waals surface area contributed by atoms with Crippen LogP contribution in [-0.4, -0.2) is 5.11 Å². The fraction of sp³-hybridized carbons (Fsp3) is 0.143. The maximum Gasteiger partial charge on any atom is 0.142 e. The number of nitrogens with two attached hydrogens (primary N) is 1. The van der Waals surface area contributed by atoms with Crippen molar-refractivity contribution in [3.05, 3.63) is 64.4 Å². The van der Waals surface area contributed by atoms with Crippen LogP contribution in [0.25, 0.3) is 0 Å². The van der Waals surface area contributed by atoms with Crippen LogP contribution in [0.4, 0.5) is 10.1 Å². The lowest BCUT2D eigenvalue weighted by molar-refractivity contribution is 0.178. The first-order valence-electron chi connectivity index (χ1n) is 5.53. The third-order valence-corrected chi connectivity index (χ3v) is 3.02. The lowest BCUT2D eigenvalue weighted by atomic mass is 10.0. The van der Waals surface area contributed by atoms with Crippen molar-refractivity contribution in [3.63, 3.8) is 0 Å². The van der Waals surface area contributed by atoms with Crippen molar-refractivity contribution in [2.24, 2.45) is 0 Å². The molecule has 0 aromatic heterocycles. The van der Waals surface area contributed by atoms with E-state index < -0.39 is 11.9 Å². The third-order valence-electron chi connectivity index (χ3n) is 2.71. The van der Waals surface area contributed by atoms with Gasteiger partial charge in [-0.1, -0.05) is 29.8 Å². The number of rotatable bonds is 3. The van der Waals surface area contributed by atoms with Crippen LogP contribution in [0.3, 0.4) is 0 Å². The van der Waals surface area contributed by atoms with Crippen LogP contribution in [0, 0.1) is 5.82 Å². The number of aliphatic hydroxyl groups excluding tert-OH is 1. The van der Waals surface area contributed by atoms with Crippen molar-refractivity contribution >= 4 is 17.3 Å². The molecule has 0 bridgehead atoms. The predicted molar refractivity (Wildman–Crippen MR) is 70.9 cm³/mol. The minimum atomic E-state index is -0.714. The van der Waals surface area contributed by atoms with Crippen molar-refractivity contribution in [2.45, 2.75) is 12.5 Å². The molecule has 0 amide bonds. The minimum Gasteiger partial charge on any atom is -0.399 e. The Morgan fingerprint density at radius 2 is 2.00 bits per heavy atom. The van der Waals surface area contributed by atoms with E-state index in [2.05, 4.69) is 0 Å².